The third-order valence-electron chi connectivity index (χ3n) is 4.17. The van der Waals surface area contributed by atoms with Crippen molar-refractivity contribution in [2.75, 3.05) is 6.54 Å². The van der Waals surface area contributed by atoms with Gasteiger partial charge >= 0.3 is 7.12 Å². The molecule has 0 aliphatic carbocycles. The van der Waals surface area contributed by atoms with E-state index in [4.69, 9.17) is 15.0 Å². The minimum absolute atomic E-state index is 0.0752. The van der Waals surface area contributed by atoms with Gasteiger partial charge in [0.25, 0.3) is 0 Å². The summed E-state index contributed by atoms with van der Waals surface area (Å²) in [5, 5.41) is 0. The molecule has 1 aromatic rings. The second kappa shape index (κ2) is 6.04. The van der Waals surface area contributed by atoms with Crippen LogP contribution in [0.5, 0.6) is 0 Å². The Bertz CT molecular complexity index is 581. The van der Waals surface area contributed by atoms with E-state index in [1.54, 1.807) is 0 Å². The van der Waals surface area contributed by atoms with Crippen molar-refractivity contribution < 1.29 is 18.1 Å². The van der Waals surface area contributed by atoms with Gasteiger partial charge in [-0.15, -0.1) is 0 Å². The van der Waals surface area contributed by atoms with Crippen LogP contribution in [0, 0.1) is 11.6 Å². The first-order valence-electron chi connectivity index (χ1n) is 6.98. The van der Waals surface area contributed by atoms with E-state index in [0.717, 1.165) is 0 Å². The van der Waals surface area contributed by atoms with Gasteiger partial charge in [0.05, 0.1) is 11.2 Å². The van der Waals surface area contributed by atoms with Crippen LogP contribution in [-0.2, 0) is 9.31 Å². The number of hydrogen-bond acceptors (Lipinski definition) is 3. The van der Waals surface area contributed by atoms with Crippen LogP contribution in [0.25, 0.3) is 6.08 Å². The fourth-order valence-corrected chi connectivity index (χ4v) is 2.50. The third-order valence-corrected chi connectivity index (χ3v) is 4.62. The predicted octanol–water partition coefficient (Wildman–Crippen LogP) is 3.70. The van der Waals surface area contributed by atoms with Gasteiger partial charge in [-0.3, -0.25) is 0 Å². The minimum Gasteiger partial charge on any atom is -0.400 e. The molecular weight excluding hydrogens is 355 g/mol. The summed E-state index contributed by atoms with van der Waals surface area (Å²) >= 11 is 3.05. The molecule has 1 aliphatic heterocycles. The molecule has 3 nitrogen and oxygen atoms in total. The van der Waals surface area contributed by atoms with Crippen LogP contribution in [0.4, 0.5) is 8.78 Å². The van der Waals surface area contributed by atoms with Crippen molar-refractivity contribution in [3.63, 3.8) is 0 Å². The summed E-state index contributed by atoms with van der Waals surface area (Å²) in [6, 6.07) is 2.40. The largest absolute Gasteiger partial charge is 0.491 e. The molecule has 0 bridgehead atoms. The summed E-state index contributed by atoms with van der Waals surface area (Å²) in [4.78, 5) is 0. The monoisotopic (exact) mass is 373 g/mol. The standard InChI is InChI=1S/C15H19BBrF2NO2/c1-14(2)15(3,4)22-16(21-14)9(8-20)5-11-12(18)6-10(17)7-13(11)19/h5-7H,8,20H2,1-4H3. The summed E-state index contributed by atoms with van der Waals surface area (Å²) in [5.41, 5.74) is 4.98. The van der Waals surface area contributed by atoms with Gasteiger partial charge in [0.2, 0.25) is 0 Å². The van der Waals surface area contributed by atoms with Crippen molar-refractivity contribution in [1.29, 1.82) is 0 Å². The topological polar surface area (TPSA) is 44.5 Å². The average molecular weight is 374 g/mol. The molecule has 0 spiro atoms. The molecule has 1 saturated heterocycles. The lowest BCUT2D eigenvalue weighted by Gasteiger charge is -2.32. The summed E-state index contributed by atoms with van der Waals surface area (Å²) in [5.74, 6) is -1.34. The van der Waals surface area contributed by atoms with Gasteiger partial charge < -0.3 is 15.0 Å². The second-order valence-electron chi connectivity index (χ2n) is 6.29. The van der Waals surface area contributed by atoms with Gasteiger partial charge in [-0.25, -0.2) is 8.78 Å². The molecule has 0 saturated carbocycles. The molecule has 1 heterocycles. The minimum atomic E-state index is -0.725. The Morgan fingerprint density at radius 1 is 1.18 bits per heavy atom. The summed E-state index contributed by atoms with van der Waals surface area (Å²) in [6.07, 6.45) is 1.36. The molecule has 1 aromatic carbocycles. The second-order valence-corrected chi connectivity index (χ2v) is 7.21. The van der Waals surface area contributed by atoms with E-state index < -0.39 is 30.0 Å². The lowest BCUT2D eigenvalue weighted by atomic mass is 9.77. The molecule has 120 valence electrons. The highest BCUT2D eigenvalue weighted by Gasteiger charge is 2.52. The molecule has 0 radical (unpaired) electrons. The van der Waals surface area contributed by atoms with E-state index in [0.29, 0.717) is 9.95 Å². The zero-order valence-electron chi connectivity index (χ0n) is 13.0. The lowest BCUT2D eigenvalue weighted by molar-refractivity contribution is 0.00578. The van der Waals surface area contributed by atoms with Crippen LogP contribution in [0.3, 0.4) is 0 Å². The fraction of sp³-hybridized carbons (Fsp3) is 0.467. The highest BCUT2D eigenvalue weighted by Crippen LogP contribution is 2.38. The normalized spacial score (nSPS) is 20.5. The smallest absolute Gasteiger partial charge is 0.400 e. The van der Waals surface area contributed by atoms with E-state index >= 15 is 0 Å². The first-order valence-corrected chi connectivity index (χ1v) is 7.77. The zero-order valence-corrected chi connectivity index (χ0v) is 14.6. The van der Waals surface area contributed by atoms with E-state index in [1.165, 1.54) is 18.2 Å². The molecule has 0 amide bonds. The number of nitrogens with two attached hydrogens (primary N) is 1. The Kier molecular flexibility index (Phi) is 4.83. The van der Waals surface area contributed by atoms with Crippen molar-refractivity contribution in [3.05, 3.63) is 39.3 Å². The van der Waals surface area contributed by atoms with E-state index in [9.17, 15) is 8.78 Å². The van der Waals surface area contributed by atoms with Crippen molar-refractivity contribution >= 4 is 29.1 Å². The maximum Gasteiger partial charge on any atom is 0.491 e. The fourth-order valence-electron chi connectivity index (χ4n) is 2.09. The molecule has 1 aliphatic rings. The molecular formula is C15H19BBrF2NO2. The van der Waals surface area contributed by atoms with E-state index in [-0.39, 0.29) is 12.1 Å². The number of halogens is 3. The molecule has 2 rings (SSSR count). The maximum absolute atomic E-state index is 14.0. The Labute approximate surface area is 138 Å². The van der Waals surface area contributed by atoms with Crippen molar-refractivity contribution in [2.45, 2.75) is 38.9 Å². The van der Waals surface area contributed by atoms with Crippen LogP contribution >= 0.6 is 15.9 Å². The van der Waals surface area contributed by atoms with Gasteiger partial charge in [-0.2, -0.15) is 0 Å². The Morgan fingerprint density at radius 2 is 1.64 bits per heavy atom. The third kappa shape index (κ3) is 3.27. The SMILES string of the molecule is CC1(C)OB(C(=Cc2c(F)cc(Br)cc2F)CN)OC1(C)C. The molecule has 1 fully saturated rings. The molecule has 2 N–H and O–H groups in total. The first kappa shape index (κ1) is 17.6. The van der Waals surface area contributed by atoms with Gasteiger partial charge in [-0.1, -0.05) is 22.0 Å². The van der Waals surface area contributed by atoms with Gasteiger partial charge in [0.1, 0.15) is 11.6 Å². The Hall–Kier alpha value is -0.755. The van der Waals surface area contributed by atoms with Crippen LogP contribution < -0.4 is 5.73 Å². The summed E-state index contributed by atoms with van der Waals surface area (Å²) < 4.78 is 40.0. The van der Waals surface area contributed by atoms with Crippen molar-refractivity contribution in [2.24, 2.45) is 5.73 Å². The van der Waals surface area contributed by atoms with Gasteiger partial charge in [0, 0.05) is 16.6 Å². The van der Waals surface area contributed by atoms with Crippen molar-refractivity contribution in [1.82, 2.24) is 0 Å². The van der Waals surface area contributed by atoms with Crippen LogP contribution in [0.1, 0.15) is 33.3 Å². The van der Waals surface area contributed by atoms with Crippen LogP contribution in [-0.4, -0.2) is 24.9 Å². The molecule has 22 heavy (non-hydrogen) atoms. The summed E-state index contributed by atoms with van der Waals surface area (Å²) in [7, 11) is -0.725. The van der Waals surface area contributed by atoms with E-state index in [2.05, 4.69) is 15.9 Å². The van der Waals surface area contributed by atoms with Crippen LogP contribution in [0.2, 0.25) is 0 Å². The average Bonchev–Trinajstić information content (AvgIpc) is 2.57. The molecule has 7 heteroatoms. The summed E-state index contributed by atoms with van der Waals surface area (Å²) in [6.45, 7) is 7.69. The van der Waals surface area contributed by atoms with Crippen LogP contribution in [0.15, 0.2) is 22.1 Å². The Balaban J connectivity index is 2.38. The van der Waals surface area contributed by atoms with Gasteiger partial charge in [-0.05, 0) is 45.3 Å². The molecule has 0 unspecified atom stereocenters. The number of rotatable bonds is 3. The number of hydrogen-bond donors (Lipinski definition) is 1. The molecule has 0 atom stereocenters. The first-order chi connectivity index (χ1) is 10.1. The van der Waals surface area contributed by atoms with E-state index in [1.807, 2.05) is 27.7 Å². The van der Waals surface area contributed by atoms with Crippen molar-refractivity contribution in [3.8, 4) is 0 Å². The predicted molar refractivity (Wildman–Crippen MR) is 87.2 cm³/mol. The Morgan fingerprint density at radius 3 is 2.05 bits per heavy atom. The molecule has 0 aromatic heterocycles. The zero-order chi connectivity index (χ0) is 16.7. The quantitative estimate of drug-likeness (QED) is 0.821. The maximum atomic E-state index is 14.0. The van der Waals surface area contributed by atoms with Gasteiger partial charge in [0.15, 0.2) is 0 Å². The highest BCUT2D eigenvalue weighted by molar-refractivity contribution is 9.10. The number of benzene rings is 1. The highest BCUT2D eigenvalue weighted by atomic mass is 79.9. The lowest BCUT2D eigenvalue weighted by Crippen LogP contribution is -2.41.